The zero-order valence-corrected chi connectivity index (χ0v) is 11.6. The van der Waals surface area contributed by atoms with Crippen LogP contribution in [0.25, 0.3) is 11.0 Å². The summed E-state index contributed by atoms with van der Waals surface area (Å²) in [6, 6.07) is 7.71. The molecule has 1 amide bonds. The highest BCUT2D eigenvalue weighted by Gasteiger charge is 2.22. The first kappa shape index (κ1) is 13.1. The number of rotatable bonds is 3. The highest BCUT2D eigenvalue weighted by molar-refractivity contribution is 5.82. The minimum absolute atomic E-state index is 0.0596. The lowest BCUT2D eigenvalue weighted by Gasteiger charge is -2.24. The average Bonchev–Trinajstić information content (AvgIpc) is 2.92. The van der Waals surface area contributed by atoms with Gasteiger partial charge in [-0.2, -0.15) is 0 Å². The second-order valence-corrected chi connectivity index (χ2v) is 5.37. The third-order valence-corrected chi connectivity index (χ3v) is 3.80. The molecular formula is C15H20N4O. The molecule has 1 aromatic heterocycles. The lowest BCUT2D eigenvalue weighted by atomic mass is 10.0. The van der Waals surface area contributed by atoms with E-state index in [1.54, 1.807) is 0 Å². The van der Waals surface area contributed by atoms with E-state index < -0.39 is 0 Å². The summed E-state index contributed by atoms with van der Waals surface area (Å²) in [6.07, 6.45) is 3.19. The zero-order chi connectivity index (χ0) is 13.9. The molecule has 1 saturated heterocycles. The second kappa shape index (κ2) is 5.63. The number of hydrogen-bond donors (Lipinski definition) is 3. The molecule has 0 radical (unpaired) electrons. The Labute approximate surface area is 118 Å². The Kier molecular flexibility index (Phi) is 3.69. The SMILES string of the molecule is CC(NC(=O)[C@H]1CCCCN1)c1nc2ccccc2[nH]1. The van der Waals surface area contributed by atoms with Gasteiger partial charge in [-0.1, -0.05) is 18.6 Å². The first-order valence-corrected chi connectivity index (χ1v) is 7.22. The maximum atomic E-state index is 12.2. The van der Waals surface area contributed by atoms with Crippen molar-refractivity contribution in [3.05, 3.63) is 30.1 Å². The molecule has 1 aromatic carbocycles. The molecule has 0 bridgehead atoms. The summed E-state index contributed by atoms with van der Waals surface area (Å²) in [5.41, 5.74) is 1.93. The number of benzene rings is 1. The van der Waals surface area contributed by atoms with E-state index >= 15 is 0 Å². The Morgan fingerprint density at radius 3 is 3.00 bits per heavy atom. The standard InChI is InChI=1S/C15H20N4O/c1-10(17-15(20)13-8-4-5-9-16-13)14-18-11-6-2-3-7-12(11)19-14/h2-3,6-7,10,13,16H,4-5,8-9H2,1H3,(H,17,20)(H,18,19)/t10?,13-/m1/s1. The van der Waals surface area contributed by atoms with Crippen LogP contribution < -0.4 is 10.6 Å². The molecule has 2 aromatic rings. The van der Waals surface area contributed by atoms with Gasteiger partial charge in [-0.25, -0.2) is 4.98 Å². The van der Waals surface area contributed by atoms with E-state index in [0.717, 1.165) is 42.7 Å². The van der Waals surface area contributed by atoms with Gasteiger partial charge in [0.1, 0.15) is 5.82 Å². The number of H-pyrrole nitrogens is 1. The van der Waals surface area contributed by atoms with Gasteiger partial charge in [-0.05, 0) is 38.4 Å². The van der Waals surface area contributed by atoms with Crippen LogP contribution in [0.3, 0.4) is 0 Å². The number of piperidine rings is 1. The third kappa shape index (κ3) is 2.67. The molecule has 2 atom stereocenters. The summed E-state index contributed by atoms with van der Waals surface area (Å²) in [6.45, 7) is 2.88. The highest BCUT2D eigenvalue weighted by Crippen LogP contribution is 2.16. The van der Waals surface area contributed by atoms with E-state index in [-0.39, 0.29) is 18.0 Å². The molecule has 5 nitrogen and oxygen atoms in total. The van der Waals surface area contributed by atoms with E-state index in [4.69, 9.17) is 0 Å². The van der Waals surface area contributed by atoms with Gasteiger partial charge in [0.15, 0.2) is 0 Å². The normalized spacial score (nSPS) is 20.8. The maximum absolute atomic E-state index is 12.2. The number of aromatic amines is 1. The second-order valence-electron chi connectivity index (χ2n) is 5.37. The minimum atomic E-state index is -0.112. The first-order valence-electron chi connectivity index (χ1n) is 7.22. The van der Waals surface area contributed by atoms with Gasteiger partial charge < -0.3 is 15.6 Å². The van der Waals surface area contributed by atoms with Crippen LogP contribution >= 0.6 is 0 Å². The molecule has 1 aliphatic heterocycles. The van der Waals surface area contributed by atoms with Crippen LogP contribution in [-0.2, 0) is 4.79 Å². The smallest absolute Gasteiger partial charge is 0.237 e. The number of nitrogens with zero attached hydrogens (tertiary/aromatic N) is 1. The summed E-state index contributed by atoms with van der Waals surface area (Å²) in [5, 5.41) is 6.29. The van der Waals surface area contributed by atoms with Crippen LogP contribution in [0.4, 0.5) is 0 Å². The number of carbonyl (C=O) groups is 1. The van der Waals surface area contributed by atoms with Gasteiger partial charge in [-0.15, -0.1) is 0 Å². The molecule has 1 aliphatic rings. The molecule has 0 spiro atoms. The van der Waals surface area contributed by atoms with E-state index in [1.165, 1.54) is 0 Å². The number of nitrogens with one attached hydrogen (secondary N) is 3. The van der Waals surface area contributed by atoms with E-state index in [1.807, 2.05) is 31.2 Å². The Bertz CT molecular complexity index is 568. The minimum Gasteiger partial charge on any atom is -0.345 e. The van der Waals surface area contributed by atoms with Crippen molar-refractivity contribution in [1.82, 2.24) is 20.6 Å². The average molecular weight is 272 g/mol. The number of amides is 1. The fourth-order valence-electron chi connectivity index (χ4n) is 2.64. The van der Waals surface area contributed by atoms with Crippen LogP contribution in [0.15, 0.2) is 24.3 Å². The van der Waals surface area contributed by atoms with Crippen molar-refractivity contribution in [2.45, 2.75) is 38.3 Å². The Morgan fingerprint density at radius 2 is 2.25 bits per heavy atom. The fraction of sp³-hybridized carbons (Fsp3) is 0.467. The van der Waals surface area contributed by atoms with Gasteiger partial charge in [0, 0.05) is 0 Å². The van der Waals surface area contributed by atoms with Gasteiger partial charge in [0.2, 0.25) is 5.91 Å². The van der Waals surface area contributed by atoms with Crippen molar-refractivity contribution in [1.29, 1.82) is 0 Å². The van der Waals surface area contributed by atoms with Crippen LogP contribution in [0, 0.1) is 0 Å². The van der Waals surface area contributed by atoms with Crippen molar-refractivity contribution in [2.24, 2.45) is 0 Å². The van der Waals surface area contributed by atoms with Crippen molar-refractivity contribution in [3.8, 4) is 0 Å². The third-order valence-electron chi connectivity index (χ3n) is 3.80. The molecule has 3 rings (SSSR count). The molecule has 1 fully saturated rings. The lowest BCUT2D eigenvalue weighted by molar-refractivity contribution is -0.124. The molecule has 0 aliphatic carbocycles. The molecule has 0 saturated carbocycles. The van der Waals surface area contributed by atoms with E-state index in [9.17, 15) is 4.79 Å². The van der Waals surface area contributed by atoms with Gasteiger partial charge in [0.05, 0.1) is 23.1 Å². The fourth-order valence-corrected chi connectivity index (χ4v) is 2.64. The summed E-state index contributed by atoms with van der Waals surface area (Å²) in [4.78, 5) is 20.0. The number of para-hydroxylation sites is 2. The number of fused-ring (bicyclic) bond motifs is 1. The number of imidazole rings is 1. The quantitative estimate of drug-likeness (QED) is 0.799. The molecule has 106 valence electrons. The maximum Gasteiger partial charge on any atom is 0.237 e. The molecule has 20 heavy (non-hydrogen) atoms. The van der Waals surface area contributed by atoms with E-state index in [2.05, 4.69) is 20.6 Å². The van der Waals surface area contributed by atoms with Crippen molar-refractivity contribution >= 4 is 16.9 Å². The topological polar surface area (TPSA) is 69.8 Å². The van der Waals surface area contributed by atoms with Crippen LogP contribution in [0.2, 0.25) is 0 Å². The summed E-state index contributed by atoms with van der Waals surface area (Å²) in [5.74, 6) is 0.869. The predicted molar refractivity (Wildman–Crippen MR) is 78.3 cm³/mol. The number of carbonyl (C=O) groups excluding carboxylic acids is 1. The Morgan fingerprint density at radius 1 is 1.40 bits per heavy atom. The predicted octanol–water partition coefficient (Wildman–Crippen LogP) is 1.88. The summed E-state index contributed by atoms with van der Waals surface area (Å²) in [7, 11) is 0. The molecule has 1 unspecified atom stereocenters. The summed E-state index contributed by atoms with van der Waals surface area (Å²) < 4.78 is 0. The lowest BCUT2D eigenvalue weighted by Crippen LogP contribution is -2.47. The van der Waals surface area contributed by atoms with Gasteiger partial charge in [0.25, 0.3) is 0 Å². The molecule has 3 N–H and O–H groups in total. The monoisotopic (exact) mass is 272 g/mol. The Hall–Kier alpha value is -1.88. The van der Waals surface area contributed by atoms with Gasteiger partial charge >= 0.3 is 0 Å². The highest BCUT2D eigenvalue weighted by atomic mass is 16.2. The van der Waals surface area contributed by atoms with Crippen LogP contribution in [-0.4, -0.2) is 28.5 Å². The number of aromatic nitrogens is 2. The number of hydrogen-bond acceptors (Lipinski definition) is 3. The summed E-state index contributed by atoms with van der Waals surface area (Å²) >= 11 is 0. The largest absolute Gasteiger partial charge is 0.345 e. The van der Waals surface area contributed by atoms with Crippen molar-refractivity contribution in [2.75, 3.05) is 6.54 Å². The molecule has 5 heteroatoms. The van der Waals surface area contributed by atoms with Crippen LogP contribution in [0.5, 0.6) is 0 Å². The molecule has 2 heterocycles. The van der Waals surface area contributed by atoms with Gasteiger partial charge in [-0.3, -0.25) is 4.79 Å². The Balaban J connectivity index is 1.68. The molecular weight excluding hydrogens is 252 g/mol. The van der Waals surface area contributed by atoms with E-state index in [0.29, 0.717) is 0 Å². The van der Waals surface area contributed by atoms with Crippen LogP contribution in [0.1, 0.15) is 38.1 Å². The van der Waals surface area contributed by atoms with Crippen molar-refractivity contribution < 1.29 is 4.79 Å². The zero-order valence-electron chi connectivity index (χ0n) is 11.6. The van der Waals surface area contributed by atoms with Crippen molar-refractivity contribution in [3.63, 3.8) is 0 Å². The first-order chi connectivity index (χ1) is 9.74.